The van der Waals surface area contributed by atoms with Gasteiger partial charge in [0.2, 0.25) is 0 Å². The van der Waals surface area contributed by atoms with Crippen LogP contribution in [0.3, 0.4) is 0 Å². The largest absolute Gasteiger partial charge is 0.463 e. The summed E-state index contributed by atoms with van der Waals surface area (Å²) >= 11 is 0. The molecule has 0 saturated heterocycles. The Balaban J connectivity index is 3.54. The Kier molecular flexibility index (Phi) is 8.30. The molecule has 0 aliphatic carbocycles. The molecular formula is C12H22O2. The Morgan fingerprint density at radius 3 is 2.71 bits per heavy atom. The molecule has 0 amide bonds. The third-order valence-corrected chi connectivity index (χ3v) is 2.13. The Morgan fingerprint density at radius 1 is 1.43 bits per heavy atom. The van der Waals surface area contributed by atoms with Crippen LogP contribution in [0.5, 0.6) is 0 Å². The lowest BCUT2D eigenvalue weighted by molar-refractivity contribution is -0.137. The highest BCUT2D eigenvalue weighted by molar-refractivity contribution is 5.81. The predicted octanol–water partition coefficient (Wildman–Crippen LogP) is 3.32. The molecule has 0 aromatic heterocycles. The van der Waals surface area contributed by atoms with Crippen molar-refractivity contribution in [3.05, 3.63) is 12.2 Å². The molecule has 0 fully saturated rings. The van der Waals surface area contributed by atoms with Crippen LogP contribution in [-0.4, -0.2) is 12.6 Å². The number of carbonyl (C=O) groups excluding carboxylic acids is 1. The molecule has 0 N–H and O–H groups in total. The molecule has 1 unspecified atom stereocenters. The quantitative estimate of drug-likeness (QED) is 0.463. The van der Waals surface area contributed by atoms with Crippen LogP contribution in [0.2, 0.25) is 0 Å². The van der Waals surface area contributed by atoms with Gasteiger partial charge in [-0.3, -0.25) is 0 Å². The van der Waals surface area contributed by atoms with Gasteiger partial charge in [0, 0.05) is 6.08 Å². The molecule has 14 heavy (non-hydrogen) atoms. The average molecular weight is 198 g/mol. The lowest BCUT2D eigenvalue weighted by Gasteiger charge is -2.06. The molecule has 0 aliphatic rings. The van der Waals surface area contributed by atoms with Gasteiger partial charge < -0.3 is 4.74 Å². The molecule has 2 nitrogen and oxygen atoms in total. The van der Waals surface area contributed by atoms with Crippen LogP contribution in [0.15, 0.2) is 12.2 Å². The van der Waals surface area contributed by atoms with Crippen molar-refractivity contribution in [1.82, 2.24) is 0 Å². The van der Waals surface area contributed by atoms with Crippen molar-refractivity contribution in [2.75, 3.05) is 6.61 Å². The van der Waals surface area contributed by atoms with Gasteiger partial charge in [0.25, 0.3) is 0 Å². The van der Waals surface area contributed by atoms with Crippen molar-refractivity contribution < 1.29 is 9.53 Å². The zero-order valence-corrected chi connectivity index (χ0v) is 9.58. The van der Waals surface area contributed by atoms with Crippen LogP contribution in [0.1, 0.15) is 46.5 Å². The molecule has 0 spiro atoms. The monoisotopic (exact) mass is 198 g/mol. The van der Waals surface area contributed by atoms with Crippen molar-refractivity contribution >= 4 is 5.97 Å². The Morgan fingerprint density at radius 2 is 2.14 bits per heavy atom. The lowest BCUT2D eigenvalue weighted by Crippen LogP contribution is -1.99. The van der Waals surface area contributed by atoms with Crippen LogP contribution in [-0.2, 0) is 9.53 Å². The molecule has 2 heteroatoms. The normalized spacial score (nSPS) is 13.1. The summed E-state index contributed by atoms with van der Waals surface area (Å²) < 4.78 is 4.78. The number of rotatable bonds is 7. The van der Waals surface area contributed by atoms with Crippen molar-refractivity contribution in [2.24, 2.45) is 5.92 Å². The van der Waals surface area contributed by atoms with Crippen LogP contribution in [0.4, 0.5) is 0 Å². The number of esters is 1. The van der Waals surface area contributed by atoms with Crippen LogP contribution < -0.4 is 0 Å². The van der Waals surface area contributed by atoms with Crippen LogP contribution >= 0.6 is 0 Å². The topological polar surface area (TPSA) is 26.3 Å². The maximum absolute atomic E-state index is 10.9. The van der Waals surface area contributed by atoms with E-state index in [0.717, 1.165) is 6.42 Å². The summed E-state index contributed by atoms with van der Waals surface area (Å²) in [6.07, 6.45) is 8.17. The fourth-order valence-electron chi connectivity index (χ4n) is 1.26. The van der Waals surface area contributed by atoms with E-state index in [2.05, 4.69) is 13.8 Å². The molecule has 0 heterocycles. The molecule has 1 atom stereocenters. The Hall–Kier alpha value is -0.790. The van der Waals surface area contributed by atoms with Crippen molar-refractivity contribution in [1.29, 1.82) is 0 Å². The van der Waals surface area contributed by atoms with E-state index in [9.17, 15) is 4.79 Å². The van der Waals surface area contributed by atoms with Crippen molar-refractivity contribution in [3.63, 3.8) is 0 Å². The zero-order chi connectivity index (χ0) is 10.8. The third kappa shape index (κ3) is 7.84. The molecule has 0 radical (unpaired) electrons. The van der Waals surface area contributed by atoms with E-state index in [0.29, 0.717) is 12.5 Å². The number of hydrogen-bond donors (Lipinski definition) is 0. The Bertz CT molecular complexity index is 173. The summed E-state index contributed by atoms with van der Waals surface area (Å²) in [7, 11) is 0. The first-order valence-corrected chi connectivity index (χ1v) is 5.54. The second-order valence-electron chi connectivity index (χ2n) is 3.64. The van der Waals surface area contributed by atoms with Gasteiger partial charge >= 0.3 is 5.97 Å². The smallest absolute Gasteiger partial charge is 0.330 e. The Labute approximate surface area is 87.3 Å². The number of ether oxygens (including phenoxy) is 1. The molecule has 82 valence electrons. The van der Waals surface area contributed by atoms with Gasteiger partial charge in [0.15, 0.2) is 0 Å². The van der Waals surface area contributed by atoms with Gasteiger partial charge in [-0.15, -0.1) is 0 Å². The fraction of sp³-hybridized carbons (Fsp3) is 0.750. The van der Waals surface area contributed by atoms with Gasteiger partial charge in [0.05, 0.1) is 6.61 Å². The minimum atomic E-state index is -0.227. The lowest BCUT2D eigenvalue weighted by atomic mass is 10.0. The SMILES string of the molecule is CCCCC(C)CC=CC(=O)OCC. The van der Waals surface area contributed by atoms with Gasteiger partial charge in [-0.2, -0.15) is 0 Å². The van der Waals surface area contributed by atoms with E-state index in [-0.39, 0.29) is 5.97 Å². The summed E-state index contributed by atoms with van der Waals surface area (Å²) in [6.45, 7) is 6.68. The predicted molar refractivity (Wildman–Crippen MR) is 59.1 cm³/mol. The standard InChI is InChI=1S/C12H22O2/c1-4-6-8-11(3)9-7-10-12(13)14-5-2/h7,10-11H,4-6,8-9H2,1-3H3. The highest BCUT2D eigenvalue weighted by atomic mass is 16.5. The summed E-state index contributed by atoms with van der Waals surface area (Å²) in [6, 6.07) is 0. The highest BCUT2D eigenvalue weighted by Crippen LogP contribution is 2.11. The minimum absolute atomic E-state index is 0.227. The average Bonchev–Trinajstić information content (AvgIpc) is 2.15. The van der Waals surface area contributed by atoms with Gasteiger partial charge in [-0.1, -0.05) is 39.2 Å². The molecule has 0 saturated carbocycles. The molecule has 0 aromatic rings. The summed E-state index contributed by atoms with van der Waals surface area (Å²) in [4.78, 5) is 10.9. The van der Waals surface area contributed by atoms with Gasteiger partial charge in [0.1, 0.15) is 0 Å². The molecule has 0 aromatic carbocycles. The number of unbranched alkanes of at least 4 members (excludes halogenated alkanes) is 1. The van der Waals surface area contributed by atoms with E-state index >= 15 is 0 Å². The molecule has 0 aliphatic heterocycles. The second-order valence-corrected chi connectivity index (χ2v) is 3.64. The van der Waals surface area contributed by atoms with E-state index in [4.69, 9.17) is 4.74 Å². The summed E-state index contributed by atoms with van der Waals surface area (Å²) in [5.74, 6) is 0.441. The maximum atomic E-state index is 10.9. The highest BCUT2D eigenvalue weighted by Gasteiger charge is 1.99. The minimum Gasteiger partial charge on any atom is -0.463 e. The zero-order valence-electron chi connectivity index (χ0n) is 9.58. The van der Waals surface area contributed by atoms with E-state index in [1.165, 1.54) is 25.3 Å². The fourth-order valence-corrected chi connectivity index (χ4v) is 1.26. The van der Waals surface area contributed by atoms with Gasteiger partial charge in [-0.05, 0) is 19.3 Å². The molecule has 0 bridgehead atoms. The van der Waals surface area contributed by atoms with Gasteiger partial charge in [-0.25, -0.2) is 4.79 Å². The molecular weight excluding hydrogens is 176 g/mol. The van der Waals surface area contributed by atoms with E-state index < -0.39 is 0 Å². The second kappa shape index (κ2) is 8.79. The van der Waals surface area contributed by atoms with Crippen LogP contribution in [0, 0.1) is 5.92 Å². The first kappa shape index (κ1) is 13.2. The summed E-state index contributed by atoms with van der Waals surface area (Å²) in [5, 5.41) is 0. The maximum Gasteiger partial charge on any atom is 0.330 e. The van der Waals surface area contributed by atoms with E-state index in [1.807, 2.05) is 13.0 Å². The third-order valence-electron chi connectivity index (χ3n) is 2.13. The number of allylic oxidation sites excluding steroid dienone is 1. The summed E-state index contributed by atoms with van der Waals surface area (Å²) in [5.41, 5.74) is 0. The molecule has 0 rings (SSSR count). The van der Waals surface area contributed by atoms with Crippen molar-refractivity contribution in [2.45, 2.75) is 46.5 Å². The number of carbonyl (C=O) groups is 1. The van der Waals surface area contributed by atoms with E-state index in [1.54, 1.807) is 0 Å². The van der Waals surface area contributed by atoms with Crippen LogP contribution in [0.25, 0.3) is 0 Å². The number of hydrogen-bond acceptors (Lipinski definition) is 2. The first-order valence-electron chi connectivity index (χ1n) is 5.54. The van der Waals surface area contributed by atoms with Crippen molar-refractivity contribution in [3.8, 4) is 0 Å². The first-order chi connectivity index (χ1) is 6.70.